The van der Waals surface area contributed by atoms with Gasteiger partial charge in [0.2, 0.25) is 0 Å². The van der Waals surface area contributed by atoms with Gasteiger partial charge < -0.3 is 14.5 Å². The summed E-state index contributed by atoms with van der Waals surface area (Å²) >= 11 is 0. The van der Waals surface area contributed by atoms with Crippen molar-refractivity contribution in [1.29, 1.82) is 0 Å². The molecule has 0 amide bonds. The van der Waals surface area contributed by atoms with Crippen molar-refractivity contribution in [2.45, 2.75) is 13.0 Å². The highest BCUT2D eigenvalue weighted by atomic mass is 127. The molecule has 1 aromatic carbocycles. The van der Waals surface area contributed by atoms with E-state index < -0.39 is 0 Å². The first kappa shape index (κ1) is 18.9. The lowest BCUT2D eigenvalue weighted by molar-refractivity contribution is 0.219. The first-order valence-corrected chi connectivity index (χ1v) is 6.22. The molecule has 1 atom stereocenters. The first-order valence-electron chi connectivity index (χ1n) is 6.22. The van der Waals surface area contributed by atoms with E-state index in [9.17, 15) is 4.39 Å². The van der Waals surface area contributed by atoms with Gasteiger partial charge in [0, 0.05) is 28.2 Å². The van der Waals surface area contributed by atoms with E-state index in [0.717, 1.165) is 5.96 Å². The zero-order valence-corrected chi connectivity index (χ0v) is 15.0. The Labute approximate surface area is 137 Å². The number of nitrogens with zero attached hydrogens (tertiary/aromatic N) is 3. The molecule has 20 heavy (non-hydrogen) atoms. The average molecular weight is 395 g/mol. The topological polar surface area (TPSA) is 28.1 Å². The summed E-state index contributed by atoms with van der Waals surface area (Å²) in [5, 5.41) is 0. The summed E-state index contributed by atoms with van der Waals surface area (Å²) in [6.07, 6.45) is -0.188. The second-order valence-corrected chi connectivity index (χ2v) is 4.79. The molecule has 1 rings (SSSR count). The van der Waals surface area contributed by atoms with Gasteiger partial charge in [-0.3, -0.25) is 0 Å². The monoisotopic (exact) mass is 395 g/mol. The summed E-state index contributed by atoms with van der Waals surface area (Å²) in [4.78, 5) is 8.32. The fraction of sp³-hybridized carbons (Fsp3) is 0.500. The Kier molecular flexibility index (Phi) is 8.52. The molecule has 0 heterocycles. The van der Waals surface area contributed by atoms with Crippen LogP contribution in [-0.2, 0) is 0 Å². The molecular weight excluding hydrogens is 372 g/mol. The van der Waals surface area contributed by atoms with Crippen LogP contribution < -0.4 is 4.74 Å². The summed E-state index contributed by atoms with van der Waals surface area (Å²) in [6, 6.07) is 6.39. The Morgan fingerprint density at radius 3 is 2.25 bits per heavy atom. The van der Waals surface area contributed by atoms with Gasteiger partial charge in [0.05, 0.1) is 6.54 Å². The standard InChI is InChI=1S/C14H22FN3O.HI/c1-11(10-16-14(17(2)3)18(4)5)19-13-9-7-6-8-12(13)15;/h6-9,11H,10H2,1-5H3;1H. The van der Waals surface area contributed by atoms with Gasteiger partial charge in [0.1, 0.15) is 6.10 Å². The fourth-order valence-corrected chi connectivity index (χ4v) is 1.69. The van der Waals surface area contributed by atoms with E-state index in [-0.39, 0.29) is 41.6 Å². The number of aliphatic imine (C=N–C) groups is 1. The number of halogens is 2. The molecule has 0 N–H and O–H groups in total. The molecule has 0 saturated carbocycles. The van der Waals surface area contributed by atoms with Crippen LogP contribution >= 0.6 is 24.0 Å². The smallest absolute Gasteiger partial charge is 0.195 e. The highest BCUT2D eigenvalue weighted by Gasteiger charge is 2.09. The van der Waals surface area contributed by atoms with Crippen molar-refractivity contribution in [2.24, 2.45) is 4.99 Å². The van der Waals surface area contributed by atoms with Crippen LogP contribution in [0.2, 0.25) is 0 Å². The van der Waals surface area contributed by atoms with Crippen molar-refractivity contribution >= 4 is 29.9 Å². The van der Waals surface area contributed by atoms with Crippen LogP contribution in [0.3, 0.4) is 0 Å². The molecule has 114 valence electrons. The van der Waals surface area contributed by atoms with Gasteiger partial charge in [-0.2, -0.15) is 0 Å². The number of guanidine groups is 1. The SMILES string of the molecule is CC(CN=C(N(C)C)N(C)C)Oc1ccccc1F.I. The van der Waals surface area contributed by atoms with Crippen LogP contribution in [0.15, 0.2) is 29.3 Å². The maximum atomic E-state index is 13.4. The highest BCUT2D eigenvalue weighted by molar-refractivity contribution is 14.0. The van der Waals surface area contributed by atoms with Gasteiger partial charge in [-0.1, -0.05) is 12.1 Å². The number of ether oxygens (including phenoxy) is 1. The summed E-state index contributed by atoms with van der Waals surface area (Å²) in [5.41, 5.74) is 0. The second kappa shape index (κ2) is 8.99. The average Bonchev–Trinajstić information content (AvgIpc) is 2.31. The first-order chi connectivity index (χ1) is 8.91. The van der Waals surface area contributed by atoms with Crippen molar-refractivity contribution in [2.75, 3.05) is 34.7 Å². The summed E-state index contributed by atoms with van der Waals surface area (Å²) < 4.78 is 19.0. The number of hydrogen-bond acceptors (Lipinski definition) is 2. The van der Waals surface area contributed by atoms with Crippen molar-refractivity contribution in [3.8, 4) is 5.75 Å². The lowest BCUT2D eigenvalue weighted by Crippen LogP contribution is -2.36. The minimum Gasteiger partial charge on any atom is -0.486 e. The van der Waals surface area contributed by atoms with E-state index in [1.807, 2.05) is 44.9 Å². The van der Waals surface area contributed by atoms with E-state index in [2.05, 4.69) is 4.99 Å². The Morgan fingerprint density at radius 2 is 1.75 bits per heavy atom. The number of benzene rings is 1. The number of para-hydroxylation sites is 1. The van der Waals surface area contributed by atoms with E-state index >= 15 is 0 Å². The maximum absolute atomic E-state index is 13.4. The van der Waals surface area contributed by atoms with Gasteiger partial charge in [-0.25, -0.2) is 9.38 Å². The molecule has 0 aliphatic heterocycles. The van der Waals surface area contributed by atoms with Gasteiger partial charge in [-0.05, 0) is 19.1 Å². The van der Waals surface area contributed by atoms with Crippen LogP contribution in [-0.4, -0.2) is 56.6 Å². The predicted molar refractivity (Wildman–Crippen MR) is 91.6 cm³/mol. The number of rotatable bonds is 4. The third-order valence-electron chi connectivity index (χ3n) is 2.45. The van der Waals surface area contributed by atoms with E-state index in [1.54, 1.807) is 18.2 Å². The highest BCUT2D eigenvalue weighted by Crippen LogP contribution is 2.17. The minimum atomic E-state index is -0.348. The zero-order valence-electron chi connectivity index (χ0n) is 12.6. The van der Waals surface area contributed by atoms with Gasteiger partial charge in [0.15, 0.2) is 17.5 Å². The largest absolute Gasteiger partial charge is 0.486 e. The molecule has 0 radical (unpaired) electrons. The second-order valence-electron chi connectivity index (χ2n) is 4.79. The molecule has 0 bridgehead atoms. The van der Waals surface area contributed by atoms with Gasteiger partial charge >= 0.3 is 0 Å². The van der Waals surface area contributed by atoms with E-state index in [0.29, 0.717) is 6.54 Å². The molecule has 0 aliphatic rings. The molecule has 4 nitrogen and oxygen atoms in total. The van der Waals surface area contributed by atoms with Crippen LogP contribution in [0.5, 0.6) is 5.75 Å². The zero-order chi connectivity index (χ0) is 14.4. The van der Waals surface area contributed by atoms with Gasteiger partial charge in [0.25, 0.3) is 0 Å². The third-order valence-corrected chi connectivity index (χ3v) is 2.45. The summed E-state index contributed by atoms with van der Waals surface area (Å²) in [7, 11) is 7.73. The van der Waals surface area contributed by atoms with Gasteiger partial charge in [-0.15, -0.1) is 24.0 Å². The quantitative estimate of drug-likeness (QED) is 0.446. The third kappa shape index (κ3) is 5.94. The van der Waals surface area contributed by atoms with Crippen LogP contribution in [0.1, 0.15) is 6.92 Å². The van der Waals surface area contributed by atoms with Crippen LogP contribution in [0, 0.1) is 5.82 Å². The van der Waals surface area contributed by atoms with E-state index in [4.69, 9.17) is 4.74 Å². The molecule has 0 saturated heterocycles. The normalized spacial score (nSPS) is 11.1. The Hall–Kier alpha value is -1.05. The molecule has 1 unspecified atom stereocenters. The Morgan fingerprint density at radius 1 is 1.20 bits per heavy atom. The molecule has 0 aromatic heterocycles. The van der Waals surface area contributed by atoms with E-state index in [1.165, 1.54) is 6.07 Å². The van der Waals surface area contributed by atoms with Crippen molar-refractivity contribution in [3.63, 3.8) is 0 Å². The fourth-order valence-electron chi connectivity index (χ4n) is 1.69. The van der Waals surface area contributed by atoms with Crippen molar-refractivity contribution in [3.05, 3.63) is 30.1 Å². The van der Waals surface area contributed by atoms with Crippen LogP contribution in [0.25, 0.3) is 0 Å². The lowest BCUT2D eigenvalue weighted by atomic mass is 10.3. The molecule has 0 fully saturated rings. The Bertz CT molecular complexity index is 428. The minimum absolute atomic E-state index is 0. The molecule has 1 aromatic rings. The van der Waals surface area contributed by atoms with Crippen molar-refractivity contribution in [1.82, 2.24) is 9.80 Å². The van der Waals surface area contributed by atoms with Crippen LogP contribution in [0.4, 0.5) is 4.39 Å². The Balaban J connectivity index is 0.00000361. The lowest BCUT2D eigenvalue weighted by Gasteiger charge is -2.23. The number of hydrogen-bond donors (Lipinski definition) is 0. The predicted octanol–water partition coefficient (Wildman–Crippen LogP) is 2.69. The maximum Gasteiger partial charge on any atom is 0.195 e. The summed E-state index contributed by atoms with van der Waals surface area (Å²) in [5.74, 6) is 0.768. The van der Waals surface area contributed by atoms with Crippen molar-refractivity contribution < 1.29 is 9.13 Å². The molecule has 6 heteroatoms. The summed E-state index contributed by atoms with van der Waals surface area (Å²) in [6.45, 7) is 2.35. The molecular formula is C14H23FIN3O. The molecule has 0 spiro atoms. The molecule has 0 aliphatic carbocycles.